The maximum absolute atomic E-state index is 6.79. The van der Waals surface area contributed by atoms with Gasteiger partial charge in [-0.2, -0.15) is 0 Å². The van der Waals surface area contributed by atoms with Crippen molar-refractivity contribution in [3.05, 3.63) is 221 Å². The monoisotopic (exact) mass is 690 g/mol. The lowest BCUT2D eigenvalue weighted by atomic mass is 9.86. The molecule has 0 fully saturated rings. The average Bonchev–Trinajstić information content (AvgIpc) is 3.79. The van der Waals surface area contributed by atoms with Gasteiger partial charge in [-0.15, -0.1) is 0 Å². The summed E-state index contributed by atoms with van der Waals surface area (Å²) in [6.45, 7) is 0. The summed E-state index contributed by atoms with van der Waals surface area (Å²) in [4.78, 5) is 5.05. The maximum atomic E-state index is 6.79. The van der Waals surface area contributed by atoms with Crippen LogP contribution < -0.4 is 5.32 Å². The summed E-state index contributed by atoms with van der Waals surface area (Å²) in [5.41, 5.74) is 17.5. The molecular formula is C51H34N2O. The largest absolute Gasteiger partial charge is 0.456 e. The van der Waals surface area contributed by atoms with E-state index in [1.165, 1.54) is 55.6 Å². The van der Waals surface area contributed by atoms with Crippen LogP contribution in [-0.2, 0) is 0 Å². The van der Waals surface area contributed by atoms with Gasteiger partial charge in [0.2, 0.25) is 0 Å². The summed E-state index contributed by atoms with van der Waals surface area (Å²) in [5.74, 6) is 0.922. The van der Waals surface area contributed by atoms with E-state index in [2.05, 4.69) is 187 Å². The third kappa shape index (κ3) is 4.93. The molecule has 3 heteroatoms. The fourth-order valence-corrected chi connectivity index (χ4v) is 8.72. The Balaban J connectivity index is 1.07. The average molecular weight is 691 g/mol. The molecule has 8 aromatic carbocycles. The molecule has 2 aliphatic rings. The van der Waals surface area contributed by atoms with Crippen LogP contribution in [0.15, 0.2) is 197 Å². The number of hydrogen-bond donors (Lipinski definition) is 1. The summed E-state index contributed by atoms with van der Waals surface area (Å²) < 4.78 is 6.79. The van der Waals surface area contributed by atoms with Gasteiger partial charge in [0.1, 0.15) is 17.0 Å². The fraction of sp³-hybridized carbons (Fsp3) is 0.0392. The molecule has 3 nitrogen and oxygen atoms in total. The third-order valence-electron chi connectivity index (χ3n) is 11.2. The number of hydrogen-bond acceptors (Lipinski definition) is 3. The normalized spacial score (nSPS) is 14.7. The minimum atomic E-state index is -0.0977. The van der Waals surface area contributed by atoms with Gasteiger partial charge in [0.05, 0.1) is 11.7 Å². The van der Waals surface area contributed by atoms with Crippen molar-refractivity contribution in [2.75, 3.05) is 0 Å². The lowest BCUT2D eigenvalue weighted by Crippen LogP contribution is -2.32. The highest BCUT2D eigenvalue weighted by molar-refractivity contribution is 6.08. The Morgan fingerprint density at radius 3 is 1.69 bits per heavy atom. The molecule has 54 heavy (non-hydrogen) atoms. The second kappa shape index (κ2) is 12.3. The molecule has 0 radical (unpaired) electrons. The highest BCUT2D eigenvalue weighted by Crippen LogP contribution is 2.51. The van der Waals surface area contributed by atoms with E-state index in [4.69, 9.17) is 9.41 Å². The number of fused-ring (bicyclic) bond motifs is 7. The number of aliphatic imine (C=N–C) groups is 1. The van der Waals surface area contributed by atoms with Crippen molar-refractivity contribution >= 4 is 33.5 Å². The Bertz CT molecular complexity index is 2820. The first-order valence-electron chi connectivity index (χ1n) is 18.6. The van der Waals surface area contributed by atoms with Gasteiger partial charge in [-0.1, -0.05) is 158 Å². The molecule has 0 saturated carbocycles. The molecule has 1 unspecified atom stereocenters. The predicted octanol–water partition coefficient (Wildman–Crippen LogP) is 12.9. The Morgan fingerprint density at radius 2 is 1.02 bits per heavy atom. The van der Waals surface area contributed by atoms with Crippen LogP contribution in [0.2, 0.25) is 0 Å². The van der Waals surface area contributed by atoms with Gasteiger partial charge >= 0.3 is 0 Å². The molecule has 2 heterocycles. The Morgan fingerprint density at radius 1 is 0.426 bits per heavy atom. The summed E-state index contributed by atoms with van der Waals surface area (Å²) in [5, 5.41) is 6.06. The summed E-state index contributed by atoms with van der Waals surface area (Å²) in [6.07, 6.45) is 0. The zero-order valence-electron chi connectivity index (χ0n) is 29.4. The van der Waals surface area contributed by atoms with Crippen LogP contribution in [0, 0.1) is 0 Å². The van der Waals surface area contributed by atoms with Crippen molar-refractivity contribution < 1.29 is 4.42 Å². The van der Waals surface area contributed by atoms with Crippen LogP contribution in [0.5, 0.6) is 0 Å². The van der Waals surface area contributed by atoms with Gasteiger partial charge < -0.3 is 9.73 Å². The first kappa shape index (κ1) is 30.6. The summed E-state index contributed by atoms with van der Waals surface area (Å²) in [6, 6.07) is 67.4. The van der Waals surface area contributed by atoms with Gasteiger partial charge in [-0.05, 0) is 86.0 Å². The second-order valence-electron chi connectivity index (χ2n) is 14.3. The molecule has 1 atom stereocenters. The maximum Gasteiger partial charge on any atom is 0.135 e. The topological polar surface area (TPSA) is 37.5 Å². The van der Waals surface area contributed by atoms with Crippen LogP contribution in [0.4, 0.5) is 5.69 Å². The Kier molecular flexibility index (Phi) is 6.99. The van der Waals surface area contributed by atoms with Crippen molar-refractivity contribution in [3.63, 3.8) is 0 Å². The van der Waals surface area contributed by atoms with E-state index in [1.54, 1.807) is 0 Å². The number of furan rings is 1. The molecule has 9 aromatic rings. The van der Waals surface area contributed by atoms with Gasteiger partial charge in [0.25, 0.3) is 0 Å². The van der Waals surface area contributed by atoms with Crippen molar-refractivity contribution in [3.8, 4) is 33.4 Å². The fourth-order valence-electron chi connectivity index (χ4n) is 8.72. The minimum absolute atomic E-state index is 0.0518. The smallest absolute Gasteiger partial charge is 0.135 e. The van der Waals surface area contributed by atoms with E-state index < -0.39 is 0 Å². The SMILES string of the molecule is c1ccc(C2=Nc3ccccc3C(c3cccc4oc5cc(C6c7cc(-c8ccccc8)ccc7-c7ccc(-c8ccccc8)cc76)ccc5c34)N2)cc1. The molecule has 254 valence electrons. The molecule has 1 aliphatic heterocycles. The van der Waals surface area contributed by atoms with Crippen molar-refractivity contribution in [2.45, 2.75) is 12.0 Å². The Labute approximate surface area is 313 Å². The summed E-state index contributed by atoms with van der Waals surface area (Å²) >= 11 is 0. The lowest BCUT2D eigenvalue weighted by Gasteiger charge is -2.28. The van der Waals surface area contributed by atoms with Gasteiger partial charge in [-0.25, -0.2) is 4.99 Å². The molecule has 1 aliphatic carbocycles. The van der Waals surface area contributed by atoms with Crippen molar-refractivity contribution in [2.24, 2.45) is 4.99 Å². The lowest BCUT2D eigenvalue weighted by molar-refractivity contribution is 0.666. The van der Waals surface area contributed by atoms with Crippen LogP contribution in [-0.4, -0.2) is 5.84 Å². The van der Waals surface area contributed by atoms with E-state index in [1.807, 2.05) is 6.07 Å². The first-order chi connectivity index (χ1) is 26.8. The number of para-hydroxylation sites is 1. The van der Waals surface area contributed by atoms with Crippen LogP contribution in [0.1, 0.15) is 45.3 Å². The summed E-state index contributed by atoms with van der Waals surface area (Å²) in [7, 11) is 0. The van der Waals surface area contributed by atoms with Gasteiger partial charge in [-0.3, -0.25) is 0 Å². The molecule has 0 spiro atoms. The van der Waals surface area contributed by atoms with E-state index in [0.29, 0.717) is 0 Å². The van der Waals surface area contributed by atoms with Gasteiger partial charge in [0, 0.05) is 27.8 Å². The number of nitrogens with zero attached hydrogens (tertiary/aromatic N) is 1. The minimum Gasteiger partial charge on any atom is -0.456 e. The van der Waals surface area contributed by atoms with E-state index >= 15 is 0 Å². The molecular weight excluding hydrogens is 657 g/mol. The second-order valence-corrected chi connectivity index (χ2v) is 14.3. The zero-order valence-corrected chi connectivity index (χ0v) is 29.4. The first-order valence-corrected chi connectivity index (χ1v) is 18.6. The molecule has 11 rings (SSSR count). The highest BCUT2D eigenvalue weighted by Gasteiger charge is 2.32. The third-order valence-corrected chi connectivity index (χ3v) is 11.2. The number of benzene rings is 8. The number of rotatable bonds is 5. The quantitative estimate of drug-likeness (QED) is 0.195. The predicted molar refractivity (Wildman–Crippen MR) is 221 cm³/mol. The van der Waals surface area contributed by atoms with Crippen LogP contribution >= 0.6 is 0 Å². The number of nitrogens with one attached hydrogen (secondary N) is 1. The van der Waals surface area contributed by atoms with Crippen molar-refractivity contribution in [1.82, 2.24) is 5.32 Å². The molecule has 1 N–H and O–H groups in total. The van der Waals surface area contributed by atoms with E-state index in [0.717, 1.165) is 44.6 Å². The van der Waals surface area contributed by atoms with Crippen molar-refractivity contribution in [1.29, 1.82) is 0 Å². The molecule has 0 bridgehead atoms. The standard InChI is InChI=1S/C51H34N2O/c1-4-13-32(14-5-1)35-23-26-38-39-27-24-36(33-15-6-2-7-16-33)30-44(39)48(43(38)29-35)37-25-28-41-47(31-37)54-46-22-12-20-42(49(41)46)50-40-19-10-11-21-45(40)52-51(53-50)34-17-8-3-9-18-34/h1-31,48,50H,(H,52,53). The van der Waals surface area contributed by atoms with Crippen LogP contribution in [0.3, 0.4) is 0 Å². The molecule has 0 saturated heterocycles. The highest BCUT2D eigenvalue weighted by atomic mass is 16.3. The Hall–Kier alpha value is -6.97. The van der Waals surface area contributed by atoms with Gasteiger partial charge in [0.15, 0.2) is 0 Å². The zero-order chi connectivity index (χ0) is 35.6. The van der Waals surface area contributed by atoms with Crippen LogP contribution in [0.25, 0.3) is 55.3 Å². The van der Waals surface area contributed by atoms with E-state index in [9.17, 15) is 0 Å². The molecule has 0 amide bonds. The van der Waals surface area contributed by atoms with E-state index in [-0.39, 0.29) is 12.0 Å². The number of amidine groups is 1. The molecule has 1 aromatic heterocycles.